The van der Waals surface area contributed by atoms with Crippen LogP contribution in [-0.4, -0.2) is 39.7 Å². The number of fused-ring (bicyclic) bond motifs is 1. The summed E-state index contributed by atoms with van der Waals surface area (Å²) in [7, 11) is 0. The van der Waals surface area contributed by atoms with Crippen LogP contribution in [0, 0.1) is 6.92 Å². The number of benzene rings is 2. The Bertz CT molecular complexity index is 1270. The van der Waals surface area contributed by atoms with Crippen LogP contribution in [0.25, 0.3) is 11.0 Å². The van der Waals surface area contributed by atoms with Gasteiger partial charge in [-0.15, -0.1) is 0 Å². The third kappa shape index (κ3) is 6.71. The minimum atomic E-state index is -0.0622. The number of hydrogen-bond donors (Lipinski definition) is 1. The molecule has 4 aromatic rings. The van der Waals surface area contributed by atoms with E-state index in [2.05, 4.69) is 46.1 Å². The SMILES string of the molecule is Cc1ccccc1CSc1nc2ccncc2n1Cc1ccc(C(=O)NCCCOC(C)C)cc1. The monoisotopic (exact) mass is 488 g/mol. The van der Waals surface area contributed by atoms with Crippen molar-refractivity contribution >= 4 is 28.7 Å². The maximum absolute atomic E-state index is 12.5. The van der Waals surface area contributed by atoms with Crippen LogP contribution in [0.4, 0.5) is 0 Å². The van der Waals surface area contributed by atoms with Crippen LogP contribution in [-0.2, 0) is 17.0 Å². The first kappa shape index (κ1) is 24.9. The summed E-state index contributed by atoms with van der Waals surface area (Å²) in [4.78, 5) is 21.7. The molecule has 0 aliphatic carbocycles. The van der Waals surface area contributed by atoms with Gasteiger partial charge in [-0.2, -0.15) is 0 Å². The van der Waals surface area contributed by atoms with Crippen molar-refractivity contribution in [1.29, 1.82) is 0 Å². The highest BCUT2D eigenvalue weighted by Gasteiger charge is 2.13. The minimum Gasteiger partial charge on any atom is -0.379 e. The molecule has 2 aromatic heterocycles. The summed E-state index contributed by atoms with van der Waals surface area (Å²) in [5.41, 5.74) is 6.29. The first-order chi connectivity index (χ1) is 17.0. The zero-order chi connectivity index (χ0) is 24.6. The van der Waals surface area contributed by atoms with E-state index in [0.717, 1.165) is 33.9 Å². The van der Waals surface area contributed by atoms with Gasteiger partial charge in [-0.3, -0.25) is 9.78 Å². The van der Waals surface area contributed by atoms with Crippen molar-refractivity contribution < 1.29 is 9.53 Å². The van der Waals surface area contributed by atoms with Crippen LogP contribution in [0.15, 0.2) is 72.1 Å². The second kappa shape index (κ2) is 12.0. The van der Waals surface area contributed by atoms with Crippen LogP contribution in [0.5, 0.6) is 0 Å². The number of amides is 1. The van der Waals surface area contributed by atoms with Gasteiger partial charge in [-0.25, -0.2) is 4.98 Å². The molecule has 0 atom stereocenters. The zero-order valence-corrected chi connectivity index (χ0v) is 21.3. The Morgan fingerprint density at radius 3 is 2.69 bits per heavy atom. The number of aromatic nitrogens is 3. The molecule has 0 spiro atoms. The van der Waals surface area contributed by atoms with E-state index < -0.39 is 0 Å². The fourth-order valence-corrected chi connectivity index (χ4v) is 4.85. The van der Waals surface area contributed by atoms with Gasteiger partial charge in [0.1, 0.15) is 0 Å². The molecule has 0 saturated heterocycles. The van der Waals surface area contributed by atoms with Gasteiger partial charge >= 0.3 is 0 Å². The third-order valence-corrected chi connectivity index (χ3v) is 6.77. The fourth-order valence-electron chi connectivity index (χ4n) is 3.76. The number of carbonyl (C=O) groups is 1. The normalized spacial score (nSPS) is 11.3. The molecule has 0 bridgehead atoms. The Labute approximate surface area is 211 Å². The average molecular weight is 489 g/mol. The first-order valence-corrected chi connectivity index (χ1v) is 13.0. The highest BCUT2D eigenvalue weighted by atomic mass is 32.2. The lowest BCUT2D eigenvalue weighted by molar-refractivity contribution is 0.0757. The Balaban J connectivity index is 1.43. The van der Waals surface area contributed by atoms with Crippen molar-refractivity contribution in [2.45, 2.75) is 50.8 Å². The number of thioether (sulfide) groups is 1. The van der Waals surface area contributed by atoms with Crippen molar-refractivity contribution in [2.24, 2.45) is 0 Å². The largest absolute Gasteiger partial charge is 0.379 e. The lowest BCUT2D eigenvalue weighted by Gasteiger charge is -2.11. The molecule has 4 rings (SSSR count). The van der Waals surface area contributed by atoms with Gasteiger partial charge in [0.15, 0.2) is 5.16 Å². The quantitative estimate of drug-likeness (QED) is 0.219. The summed E-state index contributed by atoms with van der Waals surface area (Å²) in [6, 6.07) is 18.2. The first-order valence-electron chi connectivity index (χ1n) is 12.0. The van der Waals surface area contributed by atoms with Crippen LogP contribution >= 0.6 is 11.8 Å². The smallest absolute Gasteiger partial charge is 0.251 e. The average Bonchev–Trinajstić information content (AvgIpc) is 3.20. The van der Waals surface area contributed by atoms with Gasteiger partial charge < -0.3 is 14.6 Å². The highest BCUT2D eigenvalue weighted by molar-refractivity contribution is 7.98. The van der Waals surface area contributed by atoms with E-state index in [0.29, 0.717) is 25.3 Å². The molecule has 0 radical (unpaired) electrons. The van der Waals surface area contributed by atoms with E-state index in [-0.39, 0.29) is 12.0 Å². The predicted molar refractivity (Wildman–Crippen MR) is 142 cm³/mol. The number of hydrogen-bond acceptors (Lipinski definition) is 5. The summed E-state index contributed by atoms with van der Waals surface area (Å²) in [6.45, 7) is 8.06. The van der Waals surface area contributed by atoms with Gasteiger partial charge in [0.05, 0.1) is 29.9 Å². The summed E-state index contributed by atoms with van der Waals surface area (Å²) in [6.07, 6.45) is 4.65. The lowest BCUT2D eigenvalue weighted by Crippen LogP contribution is -2.25. The Kier molecular flexibility index (Phi) is 8.55. The van der Waals surface area contributed by atoms with Gasteiger partial charge in [0, 0.05) is 30.7 Å². The molecule has 0 saturated carbocycles. The van der Waals surface area contributed by atoms with Gasteiger partial charge in [0.2, 0.25) is 0 Å². The minimum absolute atomic E-state index is 0.0622. The van der Waals surface area contributed by atoms with Crippen LogP contribution in [0.2, 0.25) is 0 Å². The molecular formula is C28H32N4O2S. The van der Waals surface area contributed by atoms with Crippen molar-refractivity contribution in [3.8, 4) is 0 Å². The second-order valence-electron chi connectivity index (χ2n) is 8.79. The Morgan fingerprint density at radius 2 is 1.91 bits per heavy atom. The number of aryl methyl sites for hydroxylation is 1. The van der Waals surface area contributed by atoms with E-state index in [4.69, 9.17) is 9.72 Å². The molecule has 35 heavy (non-hydrogen) atoms. The van der Waals surface area contributed by atoms with Gasteiger partial charge in [-0.05, 0) is 62.1 Å². The molecule has 182 valence electrons. The maximum Gasteiger partial charge on any atom is 0.251 e. The topological polar surface area (TPSA) is 69.0 Å². The summed E-state index contributed by atoms with van der Waals surface area (Å²) in [5.74, 6) is 0.790. The van der Waals surface area contributed by atoms with Crippen LogP contribution in [0.1, 0.15) is 47.3 Å². The van der Waals surface area contributed by atoms with Gasteiger partial charge in [0.25, 0.3) is 5.91 Å². The number of nitrogens with one attached hydrogen (secondary N) is 1. The summed E-state index contributed by atoms with van der Waals surface area (Å²) < 4.78 is 7.72. The lowest BCUT2D eigenvalue weighted by atomic mass is 10.1. The standard InChI is InChI=1S/C28H32N4O2S/c1-20(2)34-16-6-14-30-27(33)23-11-9-22(10-12-23)18-32-26-17-29-15-13-25(26)31-28(32)35-19-24-8-5-4-7-21(24)3/h4-5,7-13,15,17,20H,6,14,16,18-19H2,1-3H3,(H,30,33). The molecule has 6 nitrogen and oxygen atoms in total. The predicted octanol–water partition coefficient (Wildman–Crippen LogP) is 5.63. The molecule has 1 N–H and O–H groups in total. The summed E-state index contributed by atoms with van der Waals surface area (Å²) >= 11 is 1.73. The molecule has 1 amide bonds. The van der Waals surface area contributed by atoms with E-state index in [1.807, 2.05) is 50.4 Å². The highest BCUT2D eigenvalue weighted by Crippen LogP contribution is 2.28. The zero-order valence-electron chi connectivity index (χ0n) is 20.5. The van der Waals surface area contributed by atoms with Crippen LogP contribution in [0.3, 0.4) is 0 Å². The molecule has 0 aliphatic heterocycles. The van der Waals surface area contributed by atoms with Gasteiger partial charge in [-0.1, -0.05) is 48.2 Å². The molecule has 7 heteroatoms. The van der Waals surface area contributed by atoms with Crippen molar-refractivity contribution in [3.05, 3.63) is 89.2 Å². The molecular weight excluding hydrogens is 456 g/mol. The van der Waals surface area contributed by atoms with Crippen molar-refractivity contribution in [2.75, 3.05) is 13.2 Å². The van der Waals surface area contributed by atoms with E-state index >= 15 is 0 Å². The number of rotatable bonds is 11. The number of pyridine rings is 1. The second-order valence-corrected chi connectivity index (χ2v) is 9.73. The number of ether oxygens (including phenoxy) is 1. The third-order valence-electron chi connectivity index (χ3n) is 5.75. The van der Waals surface area contributed by atoms with Crippen molar-refractivity contribution in [1.82, 2.24) is 19.9 Å². The van der Waals surface area contributed by atoms with E-state index in [9.17, 15) is 4.79 Å². The Morgan fingerprint density at radius 1 is 1.11 bits per heavy atom. The molecule has 0 aliphatic rings. The summed E-state index contributed by atoms with van der Waals surface area (Å²) in [5, 5.41) is 3.92. The molecule has 2 heterocycles. The molecule has 0 unspecified atom stereocenters. The molecule has 2 aromatic carbocycles. The number of nitrogens with zero attached hydrogens (tertiary/aromatic N) is 3. The van der Waals surface area contributed by atoms with E-state index in [1.165, 1.54) is 11.1 Å². The van der Waals surface area contributed by atoms with Crippen molar-refractivity contribution in [3.63, 3.8) is 0 Å². The number of carbonyl (C=O) groups excluding carboxylic acids is 1. The molecule has 0 fully saturated rings. The maximum atomic E-state index is 12.5. The Hall–Kier alpha value is -3.16. The van der Waals surface area contributed by atoms with Crippen LogP contribution < -0.4 is 5.32 Å². The number of imidazole rings is 1. The fraction of sp³-hybridized carbons (Fsp3) is 0.321. The van der Waals surface area contributed by atoms with E-state index in [1.54, 1.807) is 18.0 Å².